The second-order valence-electron chi connectivity index (χ2n) is 8.96. The fourth-order valence-electron chi connectivity index (χ4n) is 4.53. The lowest BCUT2D eigenvalue weighted by Gasteiger charge is -2.34. The van der Waals surface area contributed by atoms with E-state index in [1.807, 2.05) is 30.8 Å². The van der Waals surface area contributed by atoms with Crippen molar-refractivity contribution in [3.8, 4) is 0 Å². The van der Waals surface area contributed by atoms with Crippen LogP contribution in [0.4, 0.5) is 10.2 Å². The molecule has 3 heterocycles. The first-order valence-corrected chi connectivity index (χ1v) is 11.2. The minimum absolute atomic E-state index is 0.0196. The van der Waals surface area contributed by atoms with Gasteiger partial charge in [-0.25, -0.2) is 14.4 Å². The number of fused-ring (bicyclic) bond motifs is 1. The van der Waals surface area contributed by atoms with Gasteiger partial charge in [-0.2, -0.15) is 0 Å². The molecule has 0 unspecified atom stereocenters. The van der Waals surface area contributed by atoms with Crippen molar-refractivity contribution in [2.45, 2.75) is 45.1 Å². The minimum Gasteiger partial charge on any atom is -0.341 e. The van der Waals surface area contributed by atoms with E-state index in [4.69, 9.17) is 9.97 Å². The molecule has 2 aliphatic heterocycles. The zero-order chi connectivity index (χ0) is 22.8. The summed E-state index contributed by atoms with van der Waals surface area (Å²) in [6.07, 6.45) is 2.74. The number of halogens is 1. The van der Waals surface area contributed by atoms with Crippen LogP contribution >= 0.6 is 0 Å². The molecule has 1 aromatic heterocycles. The number of nitrogens with zero attached hydrogens (tertiary/aromatic N) is 5. The molecule has 0 radical (unpaired) electrons. The summed E-state index contributed by atoms with van der Waals surface area (Å²) in [6.45, 7) is 3.78. The maximum atomic E-state index is 14.3. The Morgan fingerprint density at radius 3 is 2.75 bits per heavy atom. The number of aryl methyl sites for hydroxylation is 1. The maximum absolute atomic E-state index is 14.3. The molecule has 2 amide bonds. The third kappa shape index (κ3) is 4.65. The van der Waals surface area contributed by atoms with Gasteiger partial charge in [-0.1, -0.05) is 18.2 Å². The second-order valence-corrected chi connectivity index (χ2v) is 8.96. The zero-order valence-corrected chi connectivity index (χ0v) is 19.0. The molecule has 2 aliphatic rings. The highest BCUT2D eigenvalue weighted by Crippen LogP contribution is 2.33. The topological polar surface area (TPSA) is 69.6 Å². The highest BCUT2D eigenvalue weighted by molar-refractivity contribution is 5.95. The summed E-state index contributed by atoms with van der Waals surface area (Å²) < 4.78 is 14.3. The SMILES string of the molecule is Cc1nc([C@H]2CCCN(C(=O)CN(C)C)C2)nc2c1CCC(=O)N2Cc1ccccc1F. The van der Waals surface area contributed by atoms with Crippen molar-refractivity contribution in [1.82, 2.24) is 19.8 Å². The number of likely N-dealkylation sites (tertiary alicyclic amines) is 1. The molecule has 8 heteroatoms. The molecule has 0 bridgehead atoms. The Kier molecular flexibility index (Phi) is 6.50. The Morgan fingerprint density at radius 2 is 2.00 bits per heavy atom. The predicted octanol–water partition coefficient (Wildman–Crippen LogP) is 2.67. The Labute approximate surface area is 188 Å². The molecule has 1 aromatic carbocycles. The summed E-state index contributed by atoms with van der Waals surface area (Å²) in [6, 6.07) is 6.51. The van der Waals surface area contributed by atoms with Crippen LogP contribution in [0, 0.1) is 12.7 Å². The normalized spacial score (nSPS) is 18.8. The van der Waals surface area contributed by atoms with E-state index in [0.29, 0.717) is 43.1 Å². The number of rotatable bonds is 5. The molecule has 7 nitrogen and oxygen atoms in total. The van der Waals surface area contributed by atoms with E-state index < -0.39 is 0 Å². The second kappa shape index (κ2) is 9.32. The highest BCUT2D eigenvalue weighted by atomic mass is 19.1. The maximum Gasteiger partial charge on any atom is 0.236 e. The monoisotopic (exact) mass is 439 g/mol. The number of piperidine rings is 1. The highest BCUT2D eigenvalue weighted by Gasteiger charge is 2.32. The van der Waals surface area contributed by atoms with Crippen LogP contribution in [0.25, 0.3) is 0 Å². The quantitative estimate of drug-likeness (QED) is 0.717. The average Bonchev–Trinajstić information content (AvgIpc) is 2.76. The van der Waals surface area contributed by atoms with Crippen molar-refractivity contribution in [1.29, 1.82) is 0 Å². The Balaban J connectivity index is 1.63. The summed E-state index contributed by atoms with van der Waals surface area (Å²) in [7, 11) is 3.77. The number of carbonyl (C=O) groups is 2. The molecule has 0 saturated carbocycles. The zero-order valence-electron chi connectivity index (χ0n) is 19.0. The van der Waals surface area contributed by atoms with Crippen LogP contribution in [0.15, 0.2) is 24.3 Å². The minimum atomic E-state index is -0.333. The third-order valence-electron chi connectivity index (χ3n) is 6.23. The lowest BCUT2D eigenvalue weighted by atomic mass is 9.95. The van der Waals surface area contributed by atoms with Gasteiger partial charge in [-0.3, -0.25) is 14.5 Å². The number of amides is 2. The van der Waals surface area contributed by atoms with E-state index in [1.165, 1.54) is 6.07 Å². The molecular formula is C24H30FN5O2. The van der Waals surface area contributed by atoms with Crippen molar-refractivity contribution in [2.75, 3.05) is 38.6 Å². The standard InChI is InChI=1S/C24H30FN5O2/c1-16-19-10-11-21(31)30(14-17-7-4-5-9-20(17)25)24(19)27-23(26-16)18-8-6-12-29(13-18)22(32)15-28(2)3/h4-5,7,9,18H,6,8,10-15H2,1-3H3/t18-/m0/s1. The predicted molar refractivity (Wildman–Crippen MR) is 120 cm³/mol. The summed E-state index contributed by atoms with van der Waals surface area (Å²) in [5.74, 6) is 0.981. The van der Waals surface area contributed by atoms with Gasteiger partial charge in [-0.05, 0) is 46.3 Å². The van der Waals surface area contributed by atoms with Gasteiger partial charge in [0.25, 0.3) is 0 Å². The van der Waals surface area contributed by atoms with Crippen LogP contribution in [0.1, 0.15) is 47.8 Å². The number of anilines is 1. The summed E-state index contributed by atoms with van der Waals surface area (Å²) in [5.41, 5.74) is 2.26. The van der Waals surface area contributed by atoms with Gasteiger partial charge in [0.15, 0.2) is 0 Å². The van der Waals surface area contributed by atoms with Crippen LogP contribution in [-0.2, 0) is 22.6 Å². The van der Waals surface area contributed by atoms with E-state index in [-0.39, 0.29) is 30.1 Å². The van der Waals surface area contributed by atoms with E-state index in [2.05, 4.69) is 0 Å². The van der Waals surface area contributed by atoms with Crippen molar-refractivity contribution < 1.29 is 14.0 Å². The molecule has 2 aromatic rings. The molecule has 1 atom stereocenters. The average molecular weight is 440 g/mol. The lowest BCUT2D eigenvalue weighted by Crippen LogP contribution is -2.43. The first kappa shape index (κ1) is 22.3. The molecule has 170 valence electrons. The van der Waals surface area contributed by atoms with Crippen LogP contribution < -0.4 is 4.90 Å². The van der Waals surface area contributed by atoms with Gasteiger partial charge in [0.2, 0.25) is 11.8 Å². The number of aromatic nitrogens is 2. The van der Waals surface area contributed by atoms with Crippen molar-refractivity contribution >= 4 is 17.6 Å². The molecule has 4 rings (SSSR count). The van der Waals surface area contributed by atoms with E-state index in [0.717, 1.165) is 30.6 Å². The molecule has 0 spiro atoms. The lowest BCUT2D eigenvalue weighted by molar-refractivity contribution is -0.133. The summed E-state index contributed by atoms with van der Waals surface area (Å²) >= 11 is 0. The Hall–Kier alpha value is -2.87. The van der Waals surface area contributed by atoms with E-state index in [9.17, 15) is 14.0 Å². The molecular weight excluding hydrogens is 409 g/mol. The molecule has 1 saturated heterocycles. The molecule has 1 fully saturated rings. The van der Waals surface area contributed by atoms with Gasteiger partial charge in [0.05, 0.1) is 13.1 Å². The van der Waals surface area contributed by atoms with Crippen molar-refractivity contribution in [3.63, 3.8) is 0 Å². The fraction of sp³-hybridized carbons (Fsp3) is 0.500. The smallest absolute Gasteiger partial charge is 0.236 e. The van der Waals surface area contributed by atoms with Gasteiger partial charge >= 0.3 is 0 Å². The van der Waals surface area contributed by atoms with E-state index >= 15 is 0 Å². The summed E-state index contributed by atoms with van der Waals surface area (Å²) in [4.78, 5) is 40.3. The number of hydrogen-bond donors (Lipinski definition) is 0. The molecule has 0 aliphatic carbocycles. The van der Waals surface area contributed by atoms with Crippen molar-refractivity contribution in [2.24, 2.45) is 0 Å². The van der Waals surface area contributed by atoms with E-state index in [1.54, 1.807) is 23.1 Å². The van der Waals surface area contributed by atoms with Gasteiger partial charge < -0.3 is 9.80 Å². The van der Waals surface area contributed by atoms with Crippen LogP contribution in [0.3, 0.4) is 0 Å². The summed E-state index contributed by atoms with van der Waals surface area (Å²) in [5, 5.41) is 0. The third-order valence-corrected chi connectivity index (χ3v) is 6.23. The molecule has 32 heavy (non-hydrogen) atoms. The van der Waals surface area contributed by atoms with Gasteiger partial charge in [0, 0.05) is 42.2 Å². The first-order valence-electron chi connectivity index (χ1n) is 11.2. The van der Waals surface area contributed by atoms with Crippen LogP contribution in [0.2, 0.25) is 0 Å². The van der Waals surface area contributed by atoms with Crippen LogP contribution in [-0.4, -0.2) is 65.3 Å². The number of hydrogen-bond acceptors (Lipinski definition) is 5. The number of likely N-dealkylation sites (N-methyl/N-ethyl adjacent to an activating group) is 1. The van der Waals surface area contributed by atoms with Crippen molar-refractivity contribution in [3.05, 3.63) is 52.7 Å². The molecule has 0 N–H and O–H groups in total. The Morgan fingerprint density at radius 1 is 1.22 bits per heavy atom. The Bertz CT molecular complexity index is 1030. The van der Waals surface area contributed by atoms with Gasteiger partial charge in [-0.15, -0.1) is 0 Å². The van der Waals surface area contributed by atoms with Gasteiger partial charge in [0.1, 0.15) is 17.5 Å². The fourth-order valence-corrected chi connectivity index (χ4v) is 4.53. The first-order chi connectivity index (χ1) is 15.3. The van der Waals surface area contributed by atoms with Crippen LogP contribution in [0.5, 0.6) is 0 Å². The largest absolute Gasteiger partial charge is 0.341 e. The number of carbonyl (C=O) groups excluding carboxylic acids is 2. The number of benzene rings is 1.